The quantitative estimate of drug-likeness (QED) is 0.449. The molecule has 100 valence electrons. The second-order valence-corrected chi connectivity index (χ2v) is 9.00. The minimum absolute atomic E-state index is 0.0854. The van der Waals surface area contributed by atoms with Gasteiger partial charge in [-0.1, -0.05) is 0 Å². The lowest BCUT2D eigenvalue weighted by molar-refractivity contribution is -1.37. The molecule has 16 heavy (non-hydrogen) atoms. The molecule has 0 aliphatic rings. The molecule has 0 rings (SSSR count). The van der Waals surface area contributed by atoms with Crippen molar-refractivity contribution < 1.29 is 20.6 Å². The Morgan fingerprint density at radius 2 is 1.62 bits per heavy atom. The fourth-order valence-electron chi connectivity index (χ4n) is 1.45. The standard InChI is InChI=1S/C9H24N2O4S/c1-10(12)6-4-8-16(2,3)9-5-7-11(13,14)15/h13-15H,4-9H2,1-3H3. The normalized spacial score (nSPS) is 14.5. The molecule has 0 aromatic rings. The van der Waals surface area contributed by atoms with Gasteiger partial charge in [0.2, 0.25) is 0 Å². The van der Waals surface area contributed by atoms with Crippen LogP contribution >= 0.6 is 10.0 Å². The Morgan fingerprint density at radius 3 is 2.06 bits per heavy atom. The second-order valence-electron chi connectivity index (χ2n) is 4.65. The van der Waals surface area contributed by atoms with Crippen LogP contribution in [0.2, 0.25) is 0 Å². The topological polar surface area (TPSA) is 87.0 Å². The van der Waals surface area contributed by atoms with E-state index in [-0.39, 0.29) is 6.54 Å². The van der Waals surface area contributed by atoms with E-state index in [4.69, 9.17) is 15.6 Å². The Morgan fingerprint density at radius 1 is 1.12 bits per heavy atom. The summed E-state index contributed by atoms with van der Waals surface area (Å²) in [5.74, 6) is 1.85. The van der Waals surface area contributed by atoms with Crippen LogP contribution in [0.5, 0.6) is 0 Å². The van der Waals surface area contributed by atoms with Crippen molar-refractivity contribution in [3.8, 4) is 0 Å². The first-order valence-corrected chi connectivity index (χ1v) is 8.04. The minimum atomic E-state index is -1.95. The second kappa shape index (κ2) is 6.75. The highest BCUT2D eigenvalue weighted by molar-refractivity contribution is 8.32. The highest BCUT2D eigenvalue weighted by Gasteiger charge is 2.20. The van der Waals surface area contributed by atoms with Gasteiger partial charge in [0.25, 0.3) is 0 Å². The summed E-state index contributed by atoms with van der Waals surface area (Å²) in [6.45, 7) is 0.453. The predicted octanol–water partition coefficient (Wildman–Crippen LogP) is 1.24. The molecule has 0 saturated carbocycles. The van der Waals surface area contributed by atoms with Gasteiger partial charge in [-0.25, -0.2) is 10.0 Å². The highest BCUT2D eigenvalue weighted by Crippen LogP contribution is 2.40. The van der Waals surface area contributed by atoms with Crippen LogP contribution in [0.1, 0.15) is 12.8 Å². The van der Waals surface area contributed by atoms with Gasteiger partial charge in [0.15, 0.2) is 6.54 Å². The van der Waals surface area contributed by atoms with E-state index in [0.29, 0.717) is 13.0 Å². The van der Waals surface area contributed by atoms with Crippen LogP contribution in [0.3, 0.4) is 0 Å². The largest absolute Gasteiger partial charge is 0.785 e. The van der Waals surface area contributed by atoms with Crippen molar-refractivity contribution >= 4 is 10.0 Å². The predicted molar refractivity (Wildman–Crippen MR) is 64.9 cm³/mol. The molecule has 0 amide bonds. The maximum atomic E-state index is 10.7. The smallest absolute Gasteiger partial charge is 0.178 e. The maximum Gasteiger partial charge on any atom is 0.178 e. The van der Waals surface area contributed by atoms with E-state index in [1.165, 1.54) is 7.05 Å². The van der Waals surface area contributed by atoms with E-state index in [1.54, 1.807) is 0 Å². The number of hydroxylamine groups is 5. The molecule has 0 saturated heterocycles. The van der Waals surface area contributed by atoms with Crippen molar-refractivity contribution in [2.45, 2.75) is 12.8 Å². The number of rotatable bonds is 8. The zero-order valence-corrected chi connectivity index (χ0v) is 11.1. The molecule has 7 heteroatoms. The molecule has 0 aliphatic carbocycles. The average Bonchev–Trinajstić information content (AvgIpc) is 1.99. The third-order valence-electron chi connectivity index (χ3n) is 2.32. The molecule has 0 aromatic carbocycles. The average molecular weight is 256 g/mol. The van der Waals surface area contributed by atoms with Crippen LogP contribution in [0.4, 0.5) is 0 Å². The first kappa shape index (κ1) is 16.1. The van der Waals surface area contributed by atoms with E-state index < -0.39 is 15.0 Å². The first-order chi connectivity index (χ1) is 7.12. The molecule has 0 fully saturated rings. The molecule has 0 aliphatic heterocycles. The van der Waals surface area contributed by atoms with Crippen LogP contribution in [0, 0.1) is 5.21 Å². The van der Waals surface area contributed by atoms with E-state index in [2.05, 4.69) is 12.5 Å². The van der Waals surface area contributed by atoms with E-state index >= 15 is 0 Å². The summed E-state index contributed by atoms with van der Waals surface area (Å²) >= 11 is 0. The summed E-state index contributed by atoms with van der Waals surface area (Å²) in [5.41, 5.74) is 0. The minimum Gasteiger partial charge on any atom is -0.785 e. The van der Waals surface area contributed by atoms with E-state index in [1.807, 2.05) is 0 Å². The van der Waals surface area contributed by atoms with Crippen molar-refractivity contribution in [3.05, 3.63) is 5.21 Å². The lowest BCUT2D eigenvalue weighted by Crippen LogP contribution is -2.38. The van der Waals surface area contributed by atoms with Gasteiger partial charge in [0.05, 0.1) is 4.97 Å². The lowest BCUT2D eigenvalue weighted by Gasteiger charge is -2.33. The van der Waals surface area contributed by atoms with Gasteiger partial charge >= 0.3 is 0 Å². The SMILES string of the molecule is CN([O-])CCCS(C)(C)CCC[N+](O)(O)O. The Balaban J connectivity index is 3.70. The van der Waals surface area contributed by atoms with Crippen molar-refractivity contribution in [3.63, 3.8) is 0 Å². The van der Waals surface area contributed by atoms with Crippen LogP contribution in [0.15, 0.2) is 0 Å². The first-order valence-electron chi connectivity index (χ1n) is 5.26. The van der Waals surface area contributed by atoms with Gasteiger partial charge in [-0.2, -0.15) is 0 Å². The summed E-state index contributed by atoms with van der Waals surface area (Å²) in [6, 6.07) is 0. The molecule has 0 aromatic heterocycles. The summed E-state index contributed by atoms with van der Waals surface area (Å²) in [5, 5.41) is 37.6. The molecule has 0 unspecified atom stereocenters. The highest BCUT2D eigenvalue weighted by atomic mass is 32.3. The van der Waals surface area contributed by atoms with Gasteiger partial charge in [-0.15, -0.1) is 15.6 Å². The summed E-state index contributed by atoms with van der Waals surface area (Å²) in [6.07, 6.45) is 5.72. The molecule has 0 atom stereocenters. The molecule has 0 radical (unpaired) electrons. The molecule has 0 bridgehead atoms. The van der Waals surface area contributed by atoms with Gasteiger partial charge in [0.1, 0.15) is 0 Å². The van der Waals surface area contributed by atoms with Crippen LogP contribution in [0.25, 0.3) is 0 Å². The fourth-order valence-corrected chi connectivity index (χ4v) is 3.47. The Bertz CT molecular complexity index is 194. The van der Waals surface area contributed by atoms with Crippen molar-refractivity contribution in [1.29, 1.82) is 0 Å². The van der Waals surface area contributed by atoms with Crippen molar-refractivity contribution in [1.82, 2.24) is 5.06 Å². The third-order valence-corrected chi connectivity index (χ3v) is 5.11. The number of nitrogens with zero attached hydrogens (tertiary/aromatic N) is 2. The maximum absolute atomic E-state index is 10.7. The number of hydrogen-bond donors (Lipinski definition) is 3. The monoisotopic (exact) mass is 256 g/mol. The molecule has 0 heterocycles. The molecule has 6 nitrogen and oxygen atoms in total. The third kappa shape index (κ3) is 10.6. The van der Waals surface area contributed by atoms with Crippen molar-refractivity contribution in [2.75, 3.05) is 44.2 Å². The Kier molecular flexibility index (Phi) is 6.80. The van der Waals surface area contributed by atoms with Gasteiger partial charge in [-0.3, -0.25) is 0 Å². The zero-order chi connectivity index (χ0) is 12.8. The summed E-state index contributed by atoms with van der Waals surface area (Å²) < 4.78 is 0. The molecular formula is C9H24N2O4S. The van der Waals surface area contributed by atoms with Crippen LogP contribution < -0.4 is 0 Å². The Labute approximate surface area is 98.4 Å². The van der Waals surface area contributed by atoms with Crippen LogP contribution in [-0.4, -0.2) is 69.8 Å². The zero-order valence-electron chi connectivity index (χ0n) is 10.3. The molecule has 3 N–H and O–H groups in total. The van der Waals surface area contributed by atoms with E-state index in [0.717, 1.165) is 23.0 Å². The van der Waals surface area contributed by atoms with Gasteiger partial charge in [0, 0.05) is 6.42 Å². The van der Waals surface area contributed by atoms with Crippen molar-refractivity contribution in [2.24, 2.45) is 0 Å². The van der Waals surface area contributed by atoms with Gasteiger partial charge in [-0.05, 0) is 44.0 Å². The lowest BCUT2D eigenvalue weighted by atomic mass is 10.5. The number of hydrogen-bond acceptors (Lipinski definition) is 5. The summed E-state index contributed by atoms with van der Waals surface area (Å²) in [7, 11) is 0.703. The fraction of sp³-hybridized carbons (Fsp3) is 1.00. The molecule has 0 spiro atoms. The van der Waals surface area contributed by atoms with E-state index in [9.17, 15) is 5.21 Å². The van der Waals surface area contributed by atoms with Gasteiger partial charge < -0.3 is 10.3 Å². The number of quaternary nitrogens is 1. The van der Waals surface area contributed by atoms with Crippen LogP contribution in [-0.2, 0) is 0 Å². The Hall–Kier alpha value is 0.110. The summed E-state index contributed by atoms with van der Waals surface area (Å²) in [4.78, 5) is -1.95. The molecular weight excluding hydrogens is 232 g/mol.